The van der Waals surface area contributed by atoms with Crippen LogP contribution in [0.4, 0.5) is 17.5 Å². The van der Waals surface area contributed by atoms with E-state index in [0.29, 0.717) is 75.0 Å². The number of piperazine rings is 1. The quantitative estimate of drug-likeness (QED) is 0.114. The number of hydrogen-bond donors (Lipinski definition) is 6. The summed E-state index contributed by atoms with van der Waals surface area (Å²) in [6, 6.07) is 21.1. The van der Waals surface area contributed by atoms with E-state index in [4.69, 9.17) is 9.97 Å². The molecular formula is C42H44N10O6. The molecule has 0 radical (unpaired) electrons. The minimum Gasteiger partial charge on any atom is -0.508 e. The van der Waals surface area contributed by atoms with Crippen molar-refractivity contribution in [3.8, 4) is 40.3 Å². The van der Waals surface area contributed by atoms with Crippen LogP contribution >= 0.6 is 0 Å². The fraction of sp³-hybridized carbons (Fsp3) is 0.286. The summed E-state index contributed by atoms with van der Waals surface area (Å²) in [5.41, 5.74) is 5.04. The summed E-state index contributed by atoms with van der Waals surface area (Å²) in [5, 5.41) is 57.5. The molecule has 0 atom stereocenters. The van der Waals surface area contributed by atoms with Crippen molar-refractivity contribution in [3.63, 3.8) is 0 Å². The fourth-order valence-electron chi connectivity index (χ4n) is 7.62. The first-order valence-electron chi connectivity index (χ1n) is 19.2. The number of nitrogens with zero attached hydrogens (tertiary/aromatic N) is 8. The Bertz CT molecular complexity index is 2520. The van der Waals surface area contributed by atoms with E-state index in [1.807, 2.05) is 23.1 Å². The van der Waals surface area contributed by atoms with E-state index < -0.39 is 0 Å². The number of aryl methyl sites for hydroxylation is 1. The number of fused-ring (bicyclic) bond motifs is 2. The maximum atomic E-state index is 13.0. The van der Waals surface area contributed by atoms with Gasteiger partial charge in [-0.1, -0.05) is 41.5 Å². The third-order valence-electron chi connectivity index (χ3n) is 10.8. The highest BCUT2D eigenvalue weighted by Gasteiger charge is 2.29. The normalized spacial score (nSPS) is 14.1. The van der Waals surface area contributed by atoms with Crippen molar-refractivity contribution in [2.75, 3.05) is 54.4 Å². The number of aromatic hydroxyl groups is 4. The average Bonchev–Trinajstić information content (AvgIpc) is 3.61. The number of hydrogen-bond acceptors (Lipinski definition) is 13. The van der Waals surface area contributed by atoms with Crippen molar-refractivity contribution in [1.29, 1.82) is 0 Å². The number of nitrogens with one attached hydrogen (secondary N) is 2. The number of phenols is 3. The van der Waals surface area contributed by atoms with Gasteiger partial charge in [-0.2, -0.15) is 4.98 Å². The highest BCUT2D eigenvalue weighted by Crippen LogP contribution is 2.38. The molecule has 2 aliphatic rings. The average molecular weight is 785 g/mol. The lowest BCUT2D eigenvalue weighted by atomic mass is 10.0. The number of carbonyl (C=O) groups excluding carboxylic acids is 2. The topological polar surface area (TPSA) is 205 Å². The van der Waals surface area contributed by atoms with Gasteiger partial charge >= 0.3 is 6.01 Å². The number of anilines is 3. The number of rotatable bonds is 10. The zero-order chi connectivity index (χ0) is 40.5. The van der Waals surface area contributed by atoms with Gasteiger partial charge in [-0.05, 0) is 54.1 Å². The second kappa shape index (κ2) is 15.8. The molecule has 6 aromatic rings. The Morgan fingerprint density at radius 3 is 2.38 bits per heavy atom. The van der Waals surface area contributed by atoms with E-state index in [1.54, 1.807) is 56.3 Å². The van der Waals surface area contributed by atoms with Crippen LogP contribution in [0.1, 0.15) is 35.7 Å². The van der Waals surface area contributed by atoms with Crippen LogP contribution in [0.2, 0.25) is 0 Å². The molecule has 6 N–H and O–H groups in total. The van der Waals surface area contributed by atoms with Gasteiger partial charge in [-0.25, -0.2) is 9.55 Å². The molecule has 16 heteroatoms. The van der Waals surface area contributed by atoms with E-state index in [1.165, 1.54) is 10.6 Å². The van der Waals surface area contributed by atoms with E-state index in [0.717, 1.165) is 39.1 Å². The summed E-state index contributed by atoms with van der Waals surface area (Å²) in [6.45, 7) is 7.58. The third-order valence-corrected chi connectivity index (χ3v) is 10.8. The van der Waals surface area contributed by atoms with Crippen molar-refractivity contribution in [2.24, 2.45) is 0 Å². The van der Waals surface area contributed by atoms with Gasteiger partial charge in [0.05, 0.1) is 23.5 Å². The number of aromatic nitrogens is 5. The maximum absolute atomic E-state index is 13.0. The minimum absolute atomic E-state index is 0.0563. The van der Waals surface area contributed by atoms with Crippen LogP contribution in [0, 0.1) is 6.92 Å². The van der Waals surface area contributed by atoms with Gasteiger partial charge in [0.25, 0.3) is 0 Å². The molecule has 58 heavy (non-hydrogen) atoms. The molecule has 0 saturated carbocycles. The molecule has 0 aliphatic carbocycles. The molecule has 8 rings (SSSR count). The van der Waals surface area contributed by atoms with Crippen molar-refractivity contribution in [3.05, 3.63) is 95.2 Å². The highest BCUT2D eigenvalue weighted by atomic mass is 16.3. The molecular weight excluding hydrogens is 741 g/mol. The Morgan fingerprint density at radius 1 is 0.828 bits per heavy atom. The third kappa shape index (κ3) is 7.68. The maximum Gasteiger partial charge on any atom is 0.319 e. The summed E-state index contributed by atoms with van der Waals surface area (Å²) in [6.07, 6.45) is 0.870. The molecule has 0 bridgehead atoms. The lowest BCUT2D eigenvalue weighted by molar-refractivity contribution is -0.129. The first kappa shape index (κ1) is 37.8. The summed E-state index contributed by atoms with van der Waals surface area (Å²) < 4.78 is 1.38. The van der Waals surface area contributed by atoms with E-state index >= 15 is 0 Å². The molecule has 1 saturated heterocycles. The lowest BCUT2D eigenvalue weighted by Crippen LogP contribution is -2.49. The summed E-state index contributed by atoms with van der Waals surface area (Å²) in [4.78, 5) is 41.3. The highest BCUT2D eigenvalue weighted by molar-refractivity contribution is 5.95. The zero-order valence-electron chi connectivity index (χ0n) is 32.2. The molecule has 16 nitrogen and oxygen atoms in total. The molecule has 298 valence electrons. The standard InChI is InChI=1S/C42H44N10O6/c1-25-19-33(37(56)22-36(25)55)40-47-48-42(58)52(40)29-9-7-27(8-10-29)23-44-38(57)11-13-43-41-45-34-24-51(35-21-30(54)20-28-5-3-4-6-31(28)35)14-12-32(34)39(46-41)50-17-15-49(16-18-50)26(2)53/h3-10,19-22,54-56H,11-18,23-24H2,1-2H3,(H,44,57)(H,48,58)(H,43,45,46). The predicted molar refractivity (Wildman–Crippen MR) is 218 cm³/mol. The molecule has 4 aromatic carbocycles. The van der Waals surface area contributed by atoms with E-state index in [9.17, 15) is 30.0 Å². The van der Waals surface area contributed by atoms with Crippen molar-refractivity contribution < 1.29 is 30.0 Å². The smallest absolute Gasteiger partial charge is 0.319 e. The van der Waals surface area contributed by atoms with Gasteiger partial charge in [0.15, 0.2) is 5.82 Å². The summed E-state index contributed by atoms with van der Waals surface area (Å²) in [7, 11) is 0. The number of carbonyl (C=O) groups is 2. The number of phenolic OH excluding ortho intramolecular Hbond substituents is 3. The van der Waals surface area contributed by atoms with Crippen LogP contribution in [0.5, 0.6) is 23.3 Å². The van der Waals surface area contributed by atoms with E-state index in [2.05, 4.69) is 36.7 Å². The van der Waals surface area contributed by atoms with Crippen molar-refractivity contribution >= 4 is 40.0 Å². The van der Waals surface area contributed by atoms with Crippen molar-refractivity contribution in [1.82, 2.24) is 34.9 Å². The van der Waals surface area contributed by atoms with Crippen LogP contribution < -0.4 is 20.4 Å². The molecule has 4 heterocycles. The molecule has 2 aliphatic heterocycles. The molecule has 1 fully saturated rings. The SMILES string of the molecule is CC(=O)N1CCN(c2nc(NCCC(=O)NCc3ccc(-n4c(O)nnc4-c4cc(C)c(O)cc4O)cc3)nc3c2CCN(c2cc(O)cc4ccccc24)C3)CC1. The lowest BCUT2D eigenvalue weighted by Gasteiger charge is -2.38. The Kier molecular flexibility index (Phi) is 10.3. The number of benzene rings is 4. The van der Waals surface area contributed by atoms with Crippen LogP contribution in [0.3, 0.4) is 0 Å². The second-order valence-corrected chi connectivity index (χ2v) is 14.6. The molecule has 2 amide bonds. The van der Waals surface area contributed by atoms with Gasteiger partial charge in [0.1, 0.15) is 23.1 Å². The molecule has 0 spiro atoms. The molecule has 2 aromatic heterocycles. The monoisotopic (exact) mass is 784 g/mol. The Balaban J connectivity index is 0.935. The first-order chi connectivity index (χ1) is 28.0. The minimum atomic E-state index is -0.373. The summed E-state index contributed by atoms with van der Waals surface area (Å²) in [5.74, 6) is 1.26. The van der Waals surface area contributed by atoms with Gasteiger partial charge in [-0.3, -0.25) is 9.59 Å². The van der Waals surface area contributed by atoms with Crippen LogP contribution in [-0.2, 0) is 29.1 Å². The van der Waals surface area contributed by atoms with Gasteiger partial charge in [0.2, 0.25) is 17.8 Å². The number of amides is 2. The fourth-order valence-corrected chi connectivity index (χ4v) is 7.62. The van der Waals surface area contributed by atoms with Crippen LogP contribution in [0.25, 0.3) is 27.8 Å². The zero-order valence-corrected chi connectivity index (χ0v) is 32.2. The van der Waals surface area contributed by atoms with Crippen molar-refractivity contribution in [2.45, 2.75) is 39.8 Å². The first-order valence-corrected chi connectivity index (χ1v) is 19.2. The predicted octanol–water partition coefficient (Wildman–Crippen LogP) is 4.36. The van der Waals surface area contributed by atoms with Crippen LogP contribution in [0.15, 0.2) is 72.8 Å². The Labute approximate surface area is 334 Å². The Morgan fingerprint density at radius 2 is 1.60 bits per heavy atom. The van der Waals surface area contributed by atoms with Gasteiger partial charge < -0.3 is 45.8 Å². The van der Waals surface area contributed by atoms with Gasteiger partial charge in [-0.15, -0.1) is 5.10 Å². The Hall–Kier alpha value is -7.10. The largest absolute Gasteiger partial charge is 0.508 e. The van der Waals surface area contributed by atoms with Crippen LogP contribution in [-0.4, -0.2) is 101 Å². The van der Waals surface area contributed by atoms with E-state index in [-0.39, 0.29) is 53.9 Å². The second-order valence-electron chi connectivity index (χ2n) is 14.6. The summed E-state index contributed by atoms with van der Waals surface area (Å²) >= 11 is 0. The molecule has 0 unspecified atom stereocenters. The van der Waals surface area contributed by atoms with Gasteiger partial charge in [0, 0.05) is 87.9 Å².